The number of halogens is 2. The van der Waals surface area contributed by atoms with Crippen LogP contribution >= 0.6 is 31.9 Å². The second-order valence-electron chi connectivity index (χ2n) is 5.61. The molecular weight excluding hydrogens is 368 g/mol. The Morgan fingerprint density at radius 1 is 1.11 bits per heavy atom. The van der Waals surface area contributed by atoms with Crippen molar-refractivity contribution in [2.24, 2.45) is 11.7 Å². The summed E-state index contributed by atoms with van der Waals surface area (Å²) >= 11 is 7.09. The highest BCUT2D eigenvalue weighted by molar-refractivity contribution is 9.13. The molecule has 0 aliphatic carbocycles. The highest BCUT2D eigenvalue weighted by atomic mass is 79.9. The van der Waals surface area contributed by atoms with Gasteiger partial charge in [0, 0.05) is 34.1 Å². The van der Waals surface area contributed by atoms with Gasteiger partial charge in [-0.15, -0.1) is 0 Å². The lowest BCUT2D eigenvalue weighted by atomic mass is 10.0. The summed E-state index contributed by atoms with van der Waals surface area (Å²) in [6, 6.07) is 7.15. The first-order valence-corrected chi connectivity index (χ1v) is 8.36. The normalized spacial score (nSPS) is 13.6. The minimum Gasteiger partial charge on any atom is -0.329 e. The molecule has 0 bridgehead atoms. The van der Waals surface area contributed by atoms with Gasteiger partial charge in [0.05, 0.1) is 0 Å². The van der Waals surface area contributed by atoms with Crippen molar-refractivity contribution in [3.8, 4) is 0 Å². The van der Waals surface area contributed by atoms with Gasteiger partial charge in [-0.2, -0.15) is 0 Å². The summed E-state index contributed by atoms with van der Waals surface area (Å²) in [6.45, 7) is 10.7. The van der Waals surface area contributed by atoms with Crippen molar-refractivity contribution in [2.45, 2.75) is 39.8 Å². The molecule has 1 unspecified atom stereocenters. The molecule has 0 saturated carbocycles. The van der Waals surface area contributed by atoms with E-state index >= 15 is 0 Å². The monoisotopic (exact) mass is 390 g/mol. The maximum Gasteiger partial charge on any atom is 0.0473 e. The SMILES string of the molecule is CC(C)CN(C(C)C)C(CN)c1ccc(Br)c(Br)c1. The Labute approximate surface area is 134 Å². The van der Waals surface area contributed by atoms with Crippen molar-refractivity contribution in [1.82, 2.24) is 4.90 Å². The molecule has 0 saturated heterocycles. The number of nitrogens with zero attached hydrogens (tertiary/aromatic N) is 1. The van der Waals surface area contributed by atoms with Crippen LogP contribution in [-0.4, -0.2) is 24.0 Å². The van der Waals surface area contributed by atoms with E-state index in [9.17, 15) is 0 Å². The maximum absolute atomic E-state index is 6.04. The van der Waals surface area contributed by atoms with Crippen molar-refractivity contribution in [2.75, 3.05) is 13.1 Å². The molecule has 2 N–H and O–H groups in total. The quantitative estimate of drug-likeness (QED) is 0.768. The summed E-state index contributed by atoms with van der Waals surface area (Å²) in [7, 11) is 0. The second kappa shape index (κ2) is 7.77. The van der Waals surface area contributed by atoms with Crippen molar-refractivity contribution < 1.29 is 0 Å². The largest absolute Gasteiger partial charge is 0.329 e. The van der Waals surface area contributed by atoms with Crippen LogP contribution in [-0.2, 0) is 0 Å². The Kier molecular flexibility index (Phi) is 7.01. The van der Waals surface area contributed by atoms with E-state index in [-0.39, 0.29) is 6.04 Å². The third-order valence-electron chi connectivity index (χ3n) is 3.19. The van der Waals surface area contributed by atoms with Crippen LogP contribution in [0.2, 0.25) is 0 Å². The van der Waals surface area contributed by atoms with Crippen LogP contribution < -0.4 is 5.73 Å². The van der Waals surface area contributed by atoms with Crippen LogP contribution in [0.15, 0.2) is 27.1 Å². The van der Waals surface area contributed by atoms with Crippen LogP contribution in [0.1, 0.15) is 39.3 Å². The molecule has 1 rings (SSSR count). The van der Waals surface area contributed by atoms with E-state index in [2.05, 4.69) is 82.7 Å². The summed E-state index contributed by atoms with van der Waals surface area (Å²) in [4.78, 5) is 2.49. The third kappa shape index (κ3) is 4.85. The molecule has 0 spiro atoms. The average molecular weight is 392 g/mol. The van der Waals surface area contributed by atoms with Gasteiger partial charge < -0.3 is 5.73 Å². The van der Waals surface area contributed by atoms with Crippen molar-refractivity contribution in [1.29, 1.82) is 0 Å². The molecule has 1 atom stereocenters. The zero-order valence-corrected chi connectivity index (χ0v) is 15.3. The van der Waals surface area contributed by atoms with E-state index in [4.69, 9.17) is 5.73 Å². The van der Waals surface area contributed by atoms with Crippen molar-refractivity contribution in [3.05, 3.63) is 32.7 Å². The first-order valence-electron chi connectivity index (χ1n) is 6.77. The molecule has 0 aliphatic rings. The molecule has 0 amide bonds. The summed E-state index contributed by atoms with van der Waals surface area (Å²) in [5.41, 5.74) is 7.31. The number of hydrogen-bond donors (Lipinski definition) is 1. The zero-order chi connectivity index (χ0) is 14.6. The minimum absolute atomic E-state index is 0.270. The molecule has 108 valence electrons. The van der Waals surface area contributed by atoms with Crippen LogP contribution in [0.5, 0.6) is 0 Å². The van der Waals surface area contributed by atoms with Gasteiger partial charge in [0.1, 0.15) is 0 Å². The van der Waals surface area contributed by atoms with E-state index in [0.717, 1.165) is 15.5 Å². The number of nitrogens with two attached hydrogens (primary N) is 1. The molecule has 2 nitrogen and oxygen atoms in total. The molecule has 1 aromatic carbocycles. The average Bonchev–Trinajstić information content (AvgIpc) is 2.32. The van der Waals surface area contributed by atoms with E-state index in [1.54, 1.807) is 0 Å². The van der Waals surface area contributed by atoms with Crippen LogP contribution in [0.4, 0.5) is 0 Å². The summed E-state index contributed by atoms with van der Waals surface area (Å²) < 4.78 is 2.16. The van der Waals surface area contributed by atoms with Crippen LogP contribution in [0.3, 0.4) is 0 Å². The van der Waals surface area contributed by atoms with Crippen LogP contribution in [0, 0.1) is 5.92 Å². The molecule has 0 aromatic heterocycles. The maximum atomic E-state index is 6.04. The van der Waals surface area contributed by atoms with Gasteiger partial charge in [-0.05, 0) is 69.3 Å². The molecular formula is C15H24Br2N2. The summed E-state index contributed by atoms with van der Waals surface area (Å²) in [5, 5.41) is 0. The highest BCUT2D eigenvalue weighted by Gasteiger charge is 2.22. The second-order valence-corrected chi connectivity index (χ2v) is 7.32. The fourth-order valence-electron chi connectivity index (χ4n) is 2.30. The molecule has 4 heteroatoms. The lowest BCUT2D eigenvalue weighted by Crippen LogP contribution is -2.40. The summed E-state index contributed by atoms with van der Waals surface area (Å²) in [6.07, 6.45) is 0. The predicted molar refractivity (Wildman–Crippen MR) is 90.3 cm³/mol. The fraction of sp³-hybridized carbons (Fsp3) is 0.600. The van der Waals surface area contributed by atoms with Gasteiger partial charge in [0.15, 0.2) is 0 Å². The van der Waals surface area contributed by atoms with Gasteiger partial charge in [-0.25, -0.2) is 0 Å². The van der Waals surface area contributed by atoms with E-state index < -0.39 is 0 Å². The van der Waals surface area contributed by atoms with E-state index in [1.165, 1.54) is 5.56 Å². The highest BCUT2D eigenvalue weighted by Crippen LogP contribution is 2.29. The van der Waals surface area contributed by atoms with Gasteiger partial charge in [-0.3, -0.25) is 4.90 Å². The van der Waals surface area contributed by atoms with E-state index in [1.807, 2.05) is 0 Å². The minimum atomic E-state index is 0.270. The van der Waals surface area contributed by atoms with Gasteiger partial charge >= 0.3 is 0 Å². The van der Waals surface area contributed by atoms with Gasteiger partial charge in [0.25, 0.3) is 0 Å². The van der Waals surface area contributed by atoms with Gasteiger partial charge in [-0.1, -0.05) is 19.9 Å². The lowest BCUT2D eigenvalue weighted by molar-refractivity contribution is 0.138. The first kappa shape index (κ1) is 17.2. The Hall–Kier alpha value is 0.1000. The first-order chi connectivity index (χ1) is 8.86. The van der Waals surface area contributed by atoms with Gasteiger partial charge in [0.2, 0.25) is 0 Å². The van der Waals surface area contributed by atoms with Crippen LogP contribution in [0.25, 0.3) is 0 Å². The fourth-order valence-corrected chi connectivity index (χ4v) is 2.95. The molecule has 0 fully saturated rings. The smallest absolute Gasteiger partial charge is 0.0473 e. The summed E-state index contributed by atoms with van der Waals surface area (Å²) in [5.74, 6) is 0.635. The zero-order valence-electron chi connectivity index (χ0n) is 12.2. The topological polar surface area (TPSA) is 29.3 Å². The standard InChI is InChI=1S/C15H24Br2N2/c1-10(2)9-19(11(3)4)15(8-18)12-5-6-13(16)14(17)7-12/h5-7,10-11,15H,8-9,18H2,1-4H3. The van der Waals surface area contributed by atoms with Crippen molar-refractivity contribution in [3.63, 3.8) is 0 Å². The molecule has 0 radical (unpaired) electrons. The lowest BCUT2D eigenvalue weighted by Gasteiger charge is -2.36. The molecule has 1 aromatic rings. The number of rotatable bonds is 6. The number of hydrogen-bond acceptors (Lipinski definition) is 2. The molecule has 0 aliphatic heterocycles. The van der Waals surface area contributed by atoms with E-state index in [0.29, 0.717) is 18.5 Å². The molecule has 0 heterocycles. The Bertz CT molecular complexity index is 405. The number of benzene rings is 1. The molecule has 19 heavy (non-hydrogen) atoms. The predicted octanol–water partition coefficient (Wildman–Crippen LogP) is 4.58. The Balaban J connectivity index is 3.04. The Morgan fingerprint density at radius 3 is 2.16 bits per heavy atom. The van der Waals surface area contributed by atoms with Crippen molar-refractivity contribution >= 4 is 31.9 Å². The third-order valence-corrected chi connectivity index (χ3v) is 5.07. The Morgan fingerprint density at radius 2 is 1.74 bits per heavy atom.